The van der Waals surface area contributed by atoms with Gasteiger partial charge in [0, 0.05) is 19.9 Å². The lowest BCUT2D eigenvalue weighted by Crippen LogP contribution is -2.08. The Kier molecular flexibility index (Phi) is 3.90. The molecule has 6 nitrogen and oxygen atoms in total. The number of anilines is 1. The Hall–Kier alpha value is -1.50. The van der Waals surface area contributed by atoms with Gasteiger partial charge in [-0.2, -0.15) is 4.68 Å². The lowest BCUT2D eigenvalue weighted by molar-refractivity contribution is 0.762. The van der Waals surface area contributed by atoms with Crippen molar-refractivity contribution in [2.24, 2.45) is 0 Å². The van der Waals surface area contributed by atoms with Gasteiger partial charge in [0.15, 0.2) is 11.6 Å². The maximum atomic E-state index is 4.47. The molecule has 0 amide bonds. The van der Waals surface area contributed by atoms with Crippen LogP contribution < -0.4 is 5.32 Å². The van der Waals surface area contributed by atoms with E-state index < -0.39 is 0 Å². The normalized spacial score (nSPS) is 10.7. The second-order valence-corrected chi connectivity index (χ2v) is 4.47. The summed E-state index contributed by atoms with van der Waals surface area (Å²) in [5, 5.41) is 7.47. The number of nitrogens with one attached hydrogen (secondary N) is 1. The lowest BCUT2D eigenvalue weighted by Gasteiger charge is -2.08. The van der Waals surface area contributed by atoms with E-state index in [0.29, 0.717) is 5.82 Å². The summed E-state index contributed by atoms with van der Waals surface area (Å²) in [5.41, 5.74) is 0. The lowest BCUT2D eigenvalue weighted by atomic mass is 10.4. The van der Waals surface area contributed by atoms with Crippen molar-refractivity contribution in [3.63, 3.8) is 0 Å². The van der Waals surface area contributed by atoms with Crippen molar-refractivity contribution in [1.82, 2.24) is 24.7 Å². The van der Waals surface area contributed by atoms with Gasteiger partial charge in [0.2, 0.25) is 0 Å². The molecule has 0 atom stereocenters. The fraction of sp³-hybridized carbons (Fsp3) is 0.455. The molecule has 0 saturated heterocycles. The SMILES string of the molecule is CCc1nc(CC)n(-c2ncnc(NC)c2Br)n1. The van der Waals surface area contributed by atoms with Crippen molar-refractivity contribution >= 4 is 21.7 Å². The van der Waals surface area contributed by atoms with E-state index in [1.807, 2.05) is 20.9 Å². The Morgan fingerprint density at radius 3 is 2.67 bits per heavy atom. The van der Waals surface area contributed by atoms with Gasteiger partial charge >= 0.3 is 0 Å². The summed E-state index contributed by atoms with van der Waals surface area (Å²) < 4.78 is 2.56. The zero-order valence-electron chi connectivity index (χ0n) is 10.6. The van der Waals surface area contributed by atoms with Gasteiger partial charge < -0.3 is 5.32 Å². The molecular weight excluding hydrogens is 296 g/mol. The maximum Gasteiger partial charge on any atom is 0.175 e. The molecule has 0 aliphatic carbocycles. The number of rotatable bonds is 4. The minimum Gasteiger partial charge on any atom is -0.372 e. The van der Waals surface area contributed by atoms with Crippen LogP contribution in [0.5, 0.6) is 0 Å². The van der Waals surface area contributed by atoms with Gasteiger partial charge in [-0.15, -0.1) is 5.10 Å². The zero-order chi connectivity index (χ0) is 13.1. The molecule has 0 spiro atoms. The Morgan fingerprint density at radius 1 is 1.28 bits per heavy atom. The highest BCUT2D eigenvalue weighted by Crippen LogP contribution is 2.25. The van der Waals surface area contributed by atoms with E-state index in [4.69, 9.17) is 0 Å². The molecule has 18 heavy (non-hydrogen) atoms. The van der Waals surface area contributed by atoms with E-state index in [-0.39, 0.29) is 0 Å². The Bertz CT molecular complexity index is 550. The molecule has 2 heterocycles. The molecule has 2 aromatic rings. The van der Waals surface area contributed by atoms with E-state index in [0.717, 1.165) is 34.8 Å². The van der Waals surface area contributed by atoms with Crippen molar-refractivity contribution in [3.8, 4) is 5.82 Å². The summed E-state index contributed by atoms with van der Waals surface area (Å²) in [6.07, 6.45) is 3.12. The molecule has 0 aromatic carbocycles. The summed E-state index contributed by atoms with van der Waals surface area (Å²) in [6.45, 7) is 4.08. The third-order valence-corrected chi connectivity index (χ3v) is 3.29. The summed E-state index contributed by atoms with van der Waals surface area (Å²) >= 11 is 3.50. The van der Waals surface area contributed by atoms with Crippen LogP contribution in [0.25, 0.3) is 5.82 Å². The molecular formula is C11H15BrN6. The van der Waals surface area contributed by atoms with Crippen LogP contribution in [-0.2, 0) is 12.8 Å². The van der Waals surface area contributed by atoms with Gasteiger partial charge in [-0.05, 0) is 15.9 Å². The first-order chi connectivity index (χ1) is 8.71. The predicted molar refractivity (Wildman–Crippen MR) is 73.0 cm³/mol. The number of hydrogen-bond donors (Lipinski definition) is 1. The summed E-state index contributed by atoms with van der Waals surface area (Å²) in [6, 6.07) is 0. The van der Waals surface area contributed by atoms with Crippen molar-refractivity contribution in [2.75, 3.05) is 12.4 Å². The van der Waals surface area contributed by atoms with E-state index in [2.05, 4.69) is 41.3 Å². The topological polar surface area (TPSA) is 68.5 Å². The highest BCUT2D eigenvalue weighted by atomic mass is 79.9. The van der Waals surface area contributed by atoms with Crippen molar-refractivity contribution in [2.45, 2.75) is 26.7 Å². The maximum absolute atomic E-state index is 4.47. The summed E-state index contributed by atoms with van der Waals surface area (Å²) in [5.74, 6) is 3.16. The van der Waals surface area contributed by atoms with Crippen LogP contribution in [0.1, 0.15) is 25.5 Å². The first-order valence-corrected chi connectivity index (χ1v) is 6.63. The molecule has 0 aliphatic rings. The van der Waals surface area contributed by atoms with Gasteiger partial charge in [0.1, 0.15) is 22.4 Å². The van der Waals surface area contributed by atoms with Crippen LogP contribution in [0.2, 0.25) is 0 Å². The predicted octanol–water partition coefficient (Wildman–Crippen LogP) is 1.99. The zero-order valence-corrected chi connectivity index (χ0v) is 12.2. The molecule has 1 N–H and O–H groups in total. The third-order valence-electron chi connectivity index (χ3n) is 2.56. The first-order valence-electron chi connectivity index (χ1n) is 5.84. The summed E-state index contributed by atoms with van der Waals surface area (Å²) in [4.78, 5) is 12.9. The largest absolute Gasteiger partial charge is 0.372 e. The monoisotopic (exact) mass is 310 g/mol. The smallest absolute Gasteiger partial charge is 0.175 e. The second kappa shape index (κ2) is 5.43. The van der Waals surface area contributed by atoms with Crippen molar-refractivity contribution < 1.29 is 0 Å². The Morgan fingerprint density at radius 2 is 2.06 bits per heavy atom. The number of halogens is 1. The van der Waals surface area contributed by atoms with E-state index in [1.165, 1.54) is 6.33 Å². The fourth-order valence-corrected chi connectivity index (χ4v) is 2.19. The molecule has 2 aromatic heterocycles. The number of hydrogen-bond acceptors (Lipinski definition) is 5. The minimum atomic E-state index is 0.707. The Balaban J connectivity index is 2.57. The minimum absolute atomic E-state index is 0.707. The number of nitrogens with zero attached hydrogens (tertiary/aromatic N) is 5. The third kappa shape index (κ3) is 2.22. The van der Waals surface area contributed by atoms with Gasteiger partial charge in [0.25, 0.3) is 0 Å². The average molecular weight is 311 g/mol. The van der Waals surface area contributed by atoms with Gasteiger partial charge in [-0.1, -0.05) is 13.8 Å². The van der Waals surface area contributed by atoms with Crippen molar-refractivity contribution in [1.29, 1.82) is 0 Å². The van der Waals surface area contributed by atoms with Gasteiger partial charge in [-0.3, -0.25) is 0 Å². The molecule has 0 bridgehead atoms. The fourth-order valence-electron chi connectivity index (χ4n) is 1.62. The van der Waals surface area contributed by atoms with Crippen LogP contribution in [0, 0.1) is 0 Å². The van der Waals surface area contributed by atoms with E-state index in [9.17, 15) is 0 Å². The van der Waals surface area contributed by atoms with Crippen LogP contribution >= 0.6 is 15.9 Å². The van der Waals surface area contributed by atoms with Gasteiger partial charge in [-0.25, -0.2) is 15.0 Å². The number of aromatic nitrogens is 5. The first kappa shape index (κ1) is 12.9. The average Bonchev–Trinajstić information content (AvgIpc) is 2.82. The van der Waals surface area contributed by atoms with Crippen LogP contribution in [-0.4, -0.2) is 31.8 Å². The van der Waals surface area contributed by atoms with Crippen molar-refractivity contribution in [3.05, 3.63) is 22.4 Å². The molecule has 7 heteroatoms. The summed E-state index contributed by atoms with van der Waals surface area (Å²) in [7, 11) is 1.82. The molecule has 0 aliphatic heterocycles. The molecule has 0 radical (unpaired) electrons. The van der Waals surface area contributed by atoms with Crippen LogP contribution in [0.3, 0.4) is 0 Å². The quantitative estimate of drug-likeness (QED) is 0.935. The molecule has 96 valence electrons. The highest BCUT2D eigenvalue weighted by molar-refractivity contribution is 9.10. The van der Waals surface area contributed by atoms with Crippen LogP contribution in [0.15, 0.2) is 10.8 Å². The Labute approximate surface area is 114 Å². The number of aryl methyl sites for hydroxylation is 2. The molecule has 0 saturated carbocycles. The molecule has 0 unspecified atom stereocenters. The molecule has 0 fully saturated rings. The van der Waals surface area contributed by atoms with E-state index in [1.54, 1.807) is 4.68 Å². The van der Waals surface area contributed by atoms with Gasteiger partial charge in [0.05, 0.1) is 0 Å². The second-order valence-electron chi connectivity index (χ2n) is 3.67. The standard InChI is InChI=1S/C11H15BrN6/c1-4-7-16-8(5-2)18(17-7)11-9(12)10(13-3)14-6-15-11/h6H,4-5H2,1-3H3,(H,13,14,15). The highest BCUT2D eigenvalue weighted by Gasteiger charge is 2.15. The van der Waals surface area contributed by atoms with E-state index >= 15 is 0 Å². The molecule has 2 rings (SSSR count). The van der Waals surface area contributed by atoms with Crippen LogP contribution in [0.4, 0.5) is 5.82 Å².